The van der Waals surface area contributed by atoms with Gasteiger partial charge in [-0.2, -0.15) is 0 Å². The number of piperidine rings is 1. The molecule has 1 aromatic rings. The molecule has 2 atom stereocenters. The molecule has 0 saturated carbocycles. The Bertz CT molecular complexity index is 437. The molecule has 3 heteroatoms. The highest BCUT2D eigenvalue weighted by Gasteiger charge is 2.23. The van der Waals surface area contributed by atoms with Gasteiger partial charge in [0.05, 0.1) is 0 Å². The van der Waals surface area contributed by atoms with E-state index in [-0.39, 0.29) is 5.91 Å². The van der Waals surface area contributed by atoms with Gasteiger partial charge in [0.25, 0.3) is 0 Å². The summed E-state index contributed by atoms with van der Waals surface area (Å²) in [5, 5.41) is 0. The lowest BCUT2D eigenvalue weighted by Crippen LogP contribution is -2.41. The molecule has 0 spiro atoms. The Morgan fingerprint density at radius 3 is 2.56 bits per heavy atom. The summed E-state index contributed by atoms with van der Waals surface area (Å²) >= 11 is 0. The summed E-state index contributed by atoms with van der Waals surface area (Å²) in [5.74, 6) is 2.87. The highest BCUT2D eigenvalue weighted by molar-refractivity contribution is 5.91. The van der Waals surface area contributed by atoms with Crippen LogP contribution in [-0.4, -0.2) is 23.9 Å². The fourth-order valence-corrected chi connectivity index (χ4v) is 2.64. The zero-order valence-electron chi connectivity index (χ0n) is 11.3. The summed E-state index contributed by atoms with van der Waals surface area (Å²) < 4.78 is 5.41. The number of furan rings is 1. The maximum Gasteiger partial charge on any atom is 0.246 e. The predicted molar refractivity (Wildman–Crippen MR) is 72.0 cm³/mol. The molecular formula is C15H21NO2. The van der Waals surface area contributed by atoms with E-state index in [0.29, 0.717) is 11.8 Å². The van der Waals surface area contributed by atoms with Crippen LogP contribution in [0.3, 0.4) is 0 Å². The van der Waals surface area contributed by atoms with E-state index in [9.17, 15) is 4.79 Å². The van der Waals surface area contributed by atoms with Gasteiger partial charge >= 0.3 is 0 Å². The molecule has 18 heavy (non-hydrogen) atoms. The van der Waals surface area contributed by atoms with E-state index < -0.39 is 0 Å². The van der Waals surface area contributed by atoms with Crippen LogP contribution in [0.25, 0.3) is 6.08 Å². The zero-order chi connectivity index (χ0) is 13.1. The Kier molecular flexibility index (Phi) is 3.90. The third-order valence-electron chi connectivity index (χ3n) is 3.33. The summed E-state index contributed by atoms with van der Waals surface area (Å²) in [6.07, 6.45) is 4.58. The van der Waals surface area contributed by atoms with E-state index in [1.165, 1.54) is 6.42 Å². The van der Waals surface area contributed by atoms with Gasteiger partial charge in [0.2, 0.25) is 5.91 Å². The van der Waals surface area contributed by atoms with E-state index >= 15 is 0 Å². The van der Waals surface area contributed by atoms with Gasteiger partial charge in [-0.05, 0) is 43.4 Å². The minimum atomic E-state index is 0.0856. The molecule has 98 valence electrons. The van der Waals surface area contributed by atoms with Crippen molar-refractivity contribution in [2.75, 3.05) is 13.1 Å². The number of likely N-dealkylation sites (tertiary alicyclic amines) is 1. The number of hydrogen-bond acceptors (Lipinski definition) is 2. The SMILES string of the molecule is Cc1ccc(/C=C/C(=O)N2C[C@@H](C)C[C@H](C)C2)o1. The average molecular weight is 247 g/mol. The quantitative estimate of drug-likeness (QED) is 0.752. The number of rotatable bonds is 2. The van der Waals surface area contributed by atoms with E-state index in [1.54, 1.807) is 12.2 Å². The van der Waals surface area contributed by atoms with E-state index in [0.717, 1.165) is 24.6 Å². The van der Waals surface area contributed by atoms with Crippen LogP contribution in [0.15, 0.2) is 22.6 Å². The molecule has 0 radical (unpaired) electrons. The van der Waals surface area contributed by atoms with E-state index in [2.05, 4.69) is 13.8 Å². The van der Waals surface area contributed by atoms with Crippen molar-refractivity contribution in [2.45, 2.75) is 27.2 Å². The van der Waals surface area contributed by atoms with Crippen LogP contribution < -0.4 is 0 Å². The Balaban J connectivity index is 1.97. The Morgan fingerprint density at radius 1 is 1.33 bits per heavy atom. The molecule has 1 saturated heterocycles. The highest BCUT2D eigenvalue weighted by Crippen LogP contribution is 2.21. The predicted octanol–water partition coefficient (Wildman–Crippen LogP) is 3.11. The second-order valence-electron chi connectivity index (χ2n) is 5.47. The van der Waals surface area contributed by atoms with Gasteiger partial charge in [-0.1, -0.05) is 13.8 Å². The Hall–Kier alpha value is -1.51. The molecule has 3 nitrogen and oxygen atoms in total. The van der Waals surface area contributed by atoms with Crippen molar-refractivity contribution in [2.24, 2.45) is 11.8 Å². The molecule has 0 bridgehead atoms. The second-order valence-corrected chi connectivity index (χ2v) is 5.47. The number of carbonyl (C=O) groups excluding carboxylic acids is 1. The van der Waals surface area contributed by atoms with Gasteiger partial charge in [-0.15, -0.1) is 0 Å². The first kappa shape index (κ1) is 12.9. The van der Waals surface area contributed by atoms with Crippen LogP contribution in [0.4, 0.5) is 0 Å². The van der Waals surface area contributed by atoms with Crippen molar-refractivity contribution >= 4 is 12.0 Å². The minimum Gasteiger partial charge on any atom is -0.462 e. The Labute approximate surface area is 108 Å². The van der Waals surface area contributed by atoms with Crippen LogP contribution in [0.5, 0.6) is 0 Å². The molecule has 1 aliphatic heterocycles. The van der Waals surface area contributed by atoms with Gasteiger partial charge in [-0.3, -0.25) is 4.79 Å². The lowest BCUT2D eigenvalue weighted by Gasteiger charge is -2.34. The smallest absolute Gasteiger partial charge is 0.246 e. The lowest BCUT2D eigenvalue weighted by atomic mass is 9.92. The maximum atomic E-state index is 12.1. The molecule has 2 rings (SSSR count). The van der Waals surface area contributed by atoms with Crippen molar-refractivity contribution in [3.63, 3.8) is 0 Å². The molecule has 0 aliphatic carbocycles. The molecule has 2 heterocycles. The second kappa shape index (κ2) is 5.42. The largest absolute Gasteiger partial charge is 0.462 e. The summed E-state index contributed by atoms with van der Waals surface area (Å²) in [6, 6.07) is 3.77. The van der Waals surface area contributed by atoms with Crippen LogP contribution in [0.2, 0.25) is 0 Å². The molecular weight excluding hydrogens is 226 g/mol. The Morgan fingerprint density at radius 2 is 2.00 bits per heavy atom. The van der Waals surface area contributed by atoms with Crippen molar-refractivity contribution < 1.29 is 9.21 Å². The number of amides is 1. The van der Waals surface area contributed by atoms with Crippen LogP contribution in [0, 0.1) is 18.8 Å². The van der Waals surface area contributed by atoms with Gasteiger partial charge in [-0.25, -0.2) is 0 Å². The summed E-state index contributed by atoms with van der Waals surface area (Å²) in [5.41, 5.74) is 0. The monoisotopic (exact) mass is 247 g/mol. The van der Waals surface area contributed by atoms with Crippen LogP contribution >= 0.6 is 0 Å². The highest BCUT2D eigenvalue weighted by atomic mass is 16.3. The zero-order valence-corrected chi connectivity index (χ0v) is 11.3. The molecule has 1 amide bonds. The summed E-state index contributed by atoms with van der Waals surface area (Å²) in [4.78, 5) is 14.0. The fourth-order valence-electron chi connectivity index (χ4n) is 2.64. The van der Waals surface area contributed by atoms with Gasteiger partial charge in [0.15, 0.2) is 0 Å². The topological polar surface area (TPSA) is 33.5 Å². The van der Waals surface area contributed by atoms with Crippen molar-refractivity contribution in [3.05, 3.63) is 29.7 Å². The summed E-state index contributed by atoms with van der Waals surface area (Å²) in [7, 11) is 0. The van der Waals surface area contributed by atoms with Crippen LogP contribution in [-0.2, 0) is 4.79 Å². The molecule has 0 unspecified atom stereocenters. The molecule has 1 aliphatic rings. The first-order valence-electron chi connectivity index (χ1n) is 6.58. The molecule has 1 aromatic heterocycles. The molecule has 0 aromatic carbocycles. The van der Waals surface area contributed by atoms with Crippen molar-refractivity contribution in [3.8, 4) is 0 Å². The normalized spacial score (nSPS) is 24.7. The first-order chi connectivity index (χ1) is 8.54. The first-order valence-corrected chi connectivity index (χ1v) is 6.58. The van der Waals surface area contributed by atoms with E-state index in [1.807, 2.05) is 24.0 Å². The van der Waals surface area contributed by atoms with Crippen molar-refractivity contribution in [1.29, 1.82) is 0 Å². The third kappa shape index (κ3) is 3.25. The lowest BCUT2D eigenvalue weighted by molar-refractivity contribution is -0.128. The van der Waals surface area contributed by atoms with Crippen LogP contribution in [0.1, 0.15) is 31.8 Å². The third-order valence-corrected chi connectivity index (χ3v) is 3.33. The van der Waals surface area contributed by atoms with E-state index in [4.69, 9.17) is 4.42 Å². The number of nitrogens with zero attached hydrogens (tertiary/aromatic N) is 1. The van der Waals surface area contributed by atoms with Gasteiger partial charge < -0.3 is 9.32 Å². The van der Waals surface area contributed by atoms with Gasteiger partial charge in [0.1, 0.15) is 11.5 Å². The number of carbonyl (C=O) groups is 1. The average Bonchev–Trinajstić information content (AvgIpc) is 2.70. The minimum absolute atomic E-state index is 0.0856. The fraction of sp³-hybridized carbons (Fsp3) is 0.533. The van der Waals surface area contributed by atoms with Gasteiger partial charge in [0, 0.05) is 19.2 Å². The maximum absolute atomic E-state index is 12.1. The number of aryl methyl sites for hydroxylation is 1. The molecule has 0 N–H and O–H groups in total. The van der Waals surface area contributed by atoms with Crippen molar-refractivity contribution in [1.82, 2.24) is 4.90 Å². The standard InChI is InChI=1S/C15H21NO2/c1-11-8-12(2)10-16(9-11)15(17)7-6-14-5-4-13(3)18-14/h4-7,11-12H,8-10H2,1-3H3/b7-6+/t11-,12-/m0/s1. The summed E-state index contributed by atoms with van der Waals surface area (Å²) in [6.45, 7) is 8.04. The number of hydrogen-bond donors (Lipinski definition) is 0. The molecule has 1 fully saturated rings.